The van der Waals surface area contributed by atoms with Gasteiger partial charge in [0.2, 0.25) is 0 Å². The molecule has 33 heavy (non-hydrogen) atoms. The standard InChI is InChI=1S/C22H26N4O7/c27-18(24-21(30)25-22-8-13-4-14(9-22)6-15(5-13)10-22)12-33-19(28)11-23-20(29)16-2-1-3-17(7-16)26(31)32/h1-3,7,13-15H,4-6,8-12H2,(H,23,29)(H2,24,25,27,30). The van der Waals surface area contributed by atoms with E-state index in [1.165, 1.54) is 37.5 Å². The van der Waals surface area contributed by atoms with Crippen LogP contribution in [0.1, 0.15) is 48.9 Å². The molecule has 0 spiro atoms. The summed E-state index contributed by atoms with van der Waals surface area (Å²) in [6.45, 7) is -1.20. The molecule has 3 N–H and O–H groups in total. The maximum absolute atomic E-state index is 12.3. The minimum Gasteiger partial charge on any atom is -0.454 e. The molecule has 4 fully saturated rings. The number of nitrogens with one attached hydrogen (secondary N) is 3. The van der Waals surface area contributed by atoms with Gasteiger partial charge in [-0.15, -0.1) is 0 Å². The lowest BCUT2D eigenvalue weighted by Crippen LogP contribution is -2.62. The smallest absolute Gasteiger partial charge is 0.325 e. The van der Waals surface area contributed by atoms with Gasteiger partial charge in [-0.25, -0.2) is 4.79 Å². The highest BCUT2D eigenvalue weighted by Gasteiger charge is 2.51. The van der Waals surface area contributed by atoms with E-state index in [4.69, 9.17) is 4.74 Å². The van der Waals surface area contributed by atoms with E-state index in [1.807, 2.05) is 0 Å². The number of hydrogen-bond acceptors (Lipinski definition) is 7. The summed E-state index contributed by atoms with van der Waals surface area (Å²) in [6, 6.07) is 4.45. The quantitative estimate of drug-likeness (QED) is 0.319. The Morgan fingerprint density at radius 1 is 1.06 bits per heavy atom. The van der Waals surface area contributed by atoms with Gasteiger partial charge in [-0.3, -0.25) is 29.8 Å². The Kier molecular flexibility index (Phi) is 6.30. The van der Waals surface area contributed by atoms with Crippen molar-refractivity contribution in [3.8, 4) is 0 Å². The lowest BCUT2D eigenvalue weighted by molar-refractivity contribution is -0.384. The van der Waals surface area contributed by atoms with Gasteiger partial charge in [0.25, 0.3) is 17.5 Å². The number of non-ortho nitro benzene ring substituents is 1. The Balaban J connectivity index is 1.17. The number of imide groups is 1. The van der Waals surface area contributed by atoms with E-state index in [0.29, 0.717) is 17.8 Å². The number of amides is 4. The van der Waals surface area contributed by atoms with Crippen LogP contribution >= 0.6 is 0 Å². The largest absolute Gasteiger partial charge is 0.454 e. The number of ether oxygens (including phenoxy) is 1. The number of esters is 1. The third kappa shape index (κ3) is 5.47. The second kappa shape index (κ2) is 9.16. The van der Waals surface area contributed by atoms with Gasteiger partial charge in [0.05, 0.1) is 4.92 Å². The Hall–Kier alpha value is -3.50. The molecule has 11 nitrogen and oxygen atoms in total. The van der Waals surface area contributed by atoms with Crippen LogP contribution in [0.25, 0.3) is 0 Å². The number of nitro groups is 1. The number of nitro benzene ring substituents is 1. The van der Waals surface area contributed by atoms with Crippen molar-refractivity contribution in [1.29, 1.82) is 0 Å². The average molecular weight is 458 g/mol. The zero-order chi connectivity index (χ0) is 23.6. The van der Waals surface area contributed by atoms with Gasteiger partial charge in [0, 0.05) is 23.2 Å². The molecule has 0 atom stereocenters. The molecule has 0 aromatic heterocycles. The first-order valence-corrected chi connectivity index (χ1v) is 11.0. The average Bonchev–Trinajstić information content (AvgIpc) is 2.74. The first-order chi connectivity index (χ1) is 15.7. The molecule has 0 aliphatic heterocycles. The van der Waals surface area contributed by atoms with Crippen molar-refractivity contribution in [2.75, 3.05) is 13.2 Å². The Morgan fingerprint density at radius 2 is 1.70 bits per heavy atom. The van der Waals surface area contributed by atoms with Crippen molar-refractivity contribution < 1.29 is 28.8 Å². The number of urea groups is 1. The summed E-state index contributed by atoms with van der Waals surface area (Å²) in [7, 11) is 0. The van der Waals surface area contributed by atoms with E-state index < -0.39 is 41.9 Å². The van der Waals surface area contributed by atoms with E-state index in [2.05, 4.69) is 16.0 Å². The first kappa shape index (κ1) is 22.7. The number of rotatable bonds is 7. The van der Waals surface area contributed by atoms with Gasteiger partial charge in [0.15, 0.2) is 6.61 Å². The molecule has 0 radical (unpaired) electrons. The van der Waals surface area contributed by atoms with Crippen LogP contribution in [0.5, 0.6) is 0 Å². The molecule has 0 saturated heterocycles. The van der Waals surface area contributed by atoms with E-state index in [-0.39, 0.29) is 16.8 Å². The number of hydrogen-bond donors (Lipinski definition) is 3. The van der Waals surface area contributed by atoms with Crippen LogP contribution in [0.15, 0.2) is 24.3 Å². The molecular weight excluding hydrogens is 432 g/mol. The molecule has 0 unspecified atom stereocenters. The zero-order valence-electron chi connectivity index (χ0n) is 18.0. The molecule has 4 aliphatic carbocycles. The van der Waals surface area contributed by atoms with Crippen LogP contribution in [-0.2, 0) is 14.3 Å². The molecule has 4 saturated carbocycles. The molecular formula is C22H26N4O7. The molecule has 1 aromatic rings. The first-order valence-electron chi connectivity index (χ1n) is 11.0. The van der Waals surface area contributed by atoms with Crippen molar-refractivity contribution in [3.63, 3.8) is 0 Å². The zero-order valence-corrected chi connectivity index (χ0v) is 18.0. The lowest BCUT2D eigenvalue weighted by Gasteiger charge is -2.56. The third-order valence-electron chi connectivity index (χ3n) is 6.75. The number of benzene rings is 1. The highest BCUT2D eigenvalue weighted by Crippen LogP contribution is 2.55. The lowest BCUT2D eigenvalue weighted by atomic mass is 9.53. The van der Waals surface area contributed by atoms with Crippen molar-refractivity contribution in [3.05, 3.63) is 39.9 Å². The van der Waals surface area contributed by atoms with Crippen molar-refractivity contribution >= 4 is 29.5 Å². The summed E-state index contributed by atoms with van der Waals surface area (Å²) in [6.07, 6.45) is 6.53. The molecule has 1 aromatic carbocycles. The van der Waals surface area contributed by atoms with E-state index in [1.54, 1.807) is 0 Å². The second-order valence-electron chi connectivity index (χ2n) is 9.35. The van der Waals surface area contributed by atoms with E-state index >= 15 is 0 Å². The van der Waals surface area contributed by atoms with Crippen LogP contribution in [0, 0.1) is 27.9 Å². The molecule has 4 amide bonds. The summed E-state index contributed by atoms with van der Waals surface area (Å²) in [5, 5.41) is 18.2. The summed E-state index contributed by atoms with van der Waals surface area (Å²) in [5.74, 6) is -0.419. The van der Waals surface area contributed by atoms with Crippen LogP contribution in [0.4, 0.5) is 10.5 Å². The van der Waals surface area contributed by atoms with Crippen LogP contribution in [0.3, 0.4) is 0 Å². The fourth-order valence-corrected chi connectivity index (χ4v) is 5.91. The van der Waals surface area contributed by atoms with Gasteiger partial charge in [-0.1, -0.05) is 6.07 Å². The van der Waals surface area contributed by atoms with Crippen molar-refractivity contribution in [1.82, 2.24) is 16.0 Å². The normalized spacial score (nSPS) is 26.8. The maximum atomic E-state index is 12.3. The topological polar surface area (TPSA) is 157 Å². The summed E-state index contributed by atoms with van der Waals surface area (Å²) in [4.78, 5) is 58.3. The molecule has 4 aliphatic rings. The Bertz CT molecular complexity index is 957. The van der Waals surface area contributed by atoms with Crippen LogP contribution in [-0.4, -0.2) is 47.4 Å². The van der Waals surface area contributed by atoms with Gasteiger partial charge in [-0.2, -0.15) is 0 Å². The summed E-state index contributed by atoms with van der Waals surface area (Å²) >= 11 is 0. The fourth-order valence-electron chi connectivity index (χ4n) is 5.91. The van der Waals surface area contributed by atoms with E-state index in [0.717, 1.165) is 25.3 Å². The van der Waals surface area contributed by atoms with Gasteiger partial charge in [0.1, 0.15) is 6.54 Å². The number of carbonyl (C=O) groups is 4. The van der Waals surface area contributed by atoms with Crippen LogP contribution in [0.2, 0.25) is 0 Å². The molecule has 0 heterocycles. The van der Waals surface area contributed by atoms with E-state index in [9.17, 15) is 29.3 Å². The fraction of sp³-hybridized carbons (Fsp3) is 0.545. The van der Waals surface area contributed by atoms with Gasteiger partial charge in [-0.05, 0) is 62.3 Å². The minimum atomic E-state index is -0.884. The number of nitrogens with zero attached hydrogens (tertiary/aromatic N) is 1. The molecule has 4 bridgehead atoms. The molecule has 5 rings (SSSR count). The van der Waals surface area contributed by atoms with Crippen LogP contribution < -0.4 is 16.0 Å². The monoisotopic (exact) mass is 458 g/mol. The maximum Gasteiger partial charge on any atom is 0.325 e. The SMILES string of the molecule is O=C(COC(=O)CNC(=O)c1cccc([N+](=O)[O-])c1)NC(=O)NC12CC3CC(CC(C3)C1)C2. The van der Waals surface area contributed by atoms with Crippen molar-refractivity contribution in [2.24, 2.45) is 17.8 Å². The highest BCUT2D eigenvalue weighted by molar-refractivity contribution is 5.97. The predicted octanol–water partition coefficient (Wildman–Crippen LogP) is 1.66. The predicted molar refractivity (Wildman–Crippen MR) is 114 cm³/mol. The minimum absolute atomic E-state index is 0.0103. The number of carbonyl (C=O) groups excluding carboxylic acids is 4. The Morgan fingerprint density at radius 3 is 2.30 bits per heavy atom. The second-order valence-corrected chi connectivity index (χ2v) is 9.35. The van der Waals surface area contributed by atoms with Gasteiger partial charge >= 0.3 is 12.0 Å². The molecule has 11 heteroatoms. The van der Waals surface area contributed by atoms with Crippen molar-refractivity contribution in [2.45, 2.75) is 44.1 Å². The Labute approximate surface area is 189 Å². The highest BCUT2D eigenvalue weighted by atomic mass is 16.6. The molecule has 176 valence electrons. The third-order valence-corrected chi connectivity index (χ3v) is 6.75. The summed E-state index contributed by atoms with van der Waals surface area (Å²) in [5.41, 5.74) is -0.489. The summed E-state index contributed by atoms with van der Waals surface area (Å²) < 4.78 is 4.79. The van der Waals surface area contributed by atoms with Gasteiger partial charge < -0.3 is 15.4 Å².